The lowest BCUT2D eigenvalue weighted by atomic mass is 10.1. The zero-order chi connectivity index (χ0) is 15.4. The number of hydrogen-bond acceptors (Lipinski definition) is 4. The van der Waals surface area contributed by atoms with Crippen molar-refractivity contribution < 1.29 is 30.6 Å². The zero-order valence-electron chi connectivity index (χ0n) is 10.1. The summed E-state index contributed by atoms with van der Waals surface area (Å²) in [5.74, 6) is -1.24. The minimum Gasteiger partial charge on any atom is -0.374 e. The van der Waals surface area contributed by atoms with E-state index in [-0.39, 0.29) is 11.3 Å². The van der Waals surface area contributed by atoms with Crippen LogP contribution in [0.5, 0.6) is 5.75 Å². The van der Waals surface area contributed by atoms with Crippen LogP contribution in [0.25, 0.3) is 5.69 Å². The van der Waals surface area contributed by atoms with E-state index in [1.54, 1.807) is 18.2 Å². The first kappa shape index (κ1) is 13.7. The van der Waals surface area contributed by atoms with Gasteiger partial charge in [-0.2, -0.15) is 21.6 Å². The Morgan fingerprint density at radius 2 is 1.76 bits per heavy atom. The van der Waals surface area contributed by atoms with Gasteiger partial charge in [0.1, 0.15) is 5.69 Å². The average molecular weight is 317 g/mol. The summed E-state index contributed by atoms with van der Waals surface area (Å²) in [7, 11) is -5.82. The molecule has 2 aromatic rings. The molecule has 21 heavy (non-hydrogen) atoms. The molecule has 0 unspecified atom stereocenters. The second-order valence-electron chi connectivity index (χ2n) is 4.23. The van der Waals surface area contributed by atoms with Crippen LogP contribution in [-0.4, -0.2) is 24.3 Å². The van der Waals surface area contributed by atoms with E-state index in [0.29, 0.717) is 5.69 Å². The number of alkyl halides is 3. The van der Waals surface area contributed by atoms with Crippen molar-refractivity contribution in [2.45, 2.75) is 5.51 Å². The van der Waals surface area contributed by atoms with Gasteiger partial charge >= 0.3 is 15.6 Å². The fourth-order valence-electron chi connectivity index (χ4n) is 2.07. The van der Waals surface area contributed by atoms with Crippen LogP contribution in [-0.2, 0) is 10.1 Å². The molecule has 0 saturated heterocycles. The first-order valence-corrected chi connectivity index (χ1v) is 6.99. The largest absolute Gasteiger partial charge is 0.534 e. The molecule has 0 radical (unpaired) electrons. The third-order valence-electron chi connectivity index (χ3n) is 2.96. The molecule has 0 N–H and O–H groups in total. The highest BCUT2D eigenvalue weighted by atomic mass is 32.2. The summed E-state index contributed by atoms with van der Waals surface area (Å²) in [5, 5.41) is 0. The molecule has 0 spiro atoms. The maximum atomic E-state index is 12.3. The summed E-state index contributed by atoms with van der Waals surface area (Å²) in [6.45, 7) is 0. The number of fused-ring (bicyclic) bond motifs is 3. The first-order valence-electron chi connectivity index (χ1n) is 5.58. The number of hydrogen-bond donors (Lipinski definition) is 0. The third kappa shape index (κ3) is 1.92. The van der Waals surface area contributed by atoms with Gasteiger partial charge in [0, 0.05) is 17.8 Å². The molecule has 0 atom stereocenters. The Hall–Kier alpha value is -2.29. The number of halogens is 3. The SMILES string of the molecule is O=C1c2ccccc2-n2ccc(OS(=O)(=O)C(F)(F)F)c21. The van der Waals surface area contributed by atoms with Gasteiger partial charge in [0.25, 0.3) is 0 Å². The van der Waals surface area contributed by atoms with E-state index in [2.05, 4.69) is 4.18 Å². The molecule has 3 rings (SSSR count). The lowest BCUT2D eigenvalue weighted by Gasteiger charge is -2.08. The fraction of sp³-hybridized carbons (Fsp3) is 0.0833. The summed E-state index contributed by atoms with van der Waals surface area (Å²) in [5.41, 5.74) is -5.08. The summed E-state index contributed by atoms with van der Waals surface area (Å²) < 4.78 is 64.4. The highest BCUT2D eigenvalue weighted by Gasteiger charge is 2.49. The maximum absolute atomic E-state index is 12.3. The molecule has 110 valence electrons. The predicted molar refractivity (Wildman–Crippen MR) is 64.8 cm³/mol. The van der Waals surface area contributed by atoms with Gasteiger partial charge in [-0.25, -0.2) is 0 Å². The number of nitrogens with zero attached hydrogens (tertiary/aromatic N) is 1. The minimum atomic E-state index is -5.82. The van der Waals surface area contributed by atoms with E-state index in [1.165, 1.54) is 16.8 Å². The molecular formula is C12H6F3NO4S. The lowest BCUT2D eigenvalue weighted by Crippen LogP contribution is -2.28. The quantitative estimate of drug-likeness (QED) is 0.537. The highest BCUT2D eigenvalue weighted by molar-refractivity contribution is 7.88. The monoisotopic (exact) mass is 317 g/mol. The van der Waals surface area contributed by atoms with Gasteiger partial charge in [-0.1, -0.05) is 12.1 Å². The fourth-order valence-corrected chi connectivity index (χ4v) is 2.54. The Bertz CT molecular complexity index is 852. The van der Waals surface area contributed by atoms with E-state index in [1.807, 2.05) is 0 Å². The van der Waals surface area contributed by atoms with E-state index in [4.69, 9.17) is 0 Å². The second kappa shape index (κ2) is 4.10. The highest BCUT2D eigenvalue weighted by Crippen LogP contribution is 2.36. The number of benzene rings is 1. The Morgan fingerprint density at radius 1 is 1.10 bits per heavy atom. The predicted octanol–water partition coefficient (Wildman–Crippen LogP) is 2.25. The van der Waals surface area contributed by atoms with Crippen molar-refractivity contribution >= 4 is 15.9 Å². The van der Waals surface area contributed by atoms with Crippen LogP contribution in [0.4, 0.5) is 13.2 Å². The molecule has 2 heterocycles. The maximum Gasteiger partial charge on any atom is 0.534 e. The van der Waals surface area contributed by atoms with Crippen LogP contribution in [0.3, 0.4) is 0 Å². The molecule has 1 aliphatic rings. The smallest absolute Gasteiger partial charge is 0.374 e. The number of ketones is 1. The molecule has 0 saturated carbocycles. The number of rotatable bonds is 2. The van der Waals surface area contributed by atoms with Gasteiger partial charge in [0.05, 0.1) is 5.69 Å². The molecule has 1 aromatic heterocycles. The molecule has 0 fully saturated rings. The van der Waals surface area contributed by atoms with Gasteiger partial charge in [0.2, 0.25) is 5.78 Å². The first-order chi connectivity index (χ1) is 9.72. The van der Waals surface area contributed by atoms with Crippen molar-refractivity contribution in [3.63, 3.8) is 0 Å². The van der Waals surface area contributed by atoms with Gasteiger partial charge in [-0.05, 0) is 12.1 Å². The zero-order valence-corrected chi connectivity index (χ0v) is 10.9. The topological polar surface area (TPSA) is 65.4 Å². The lowest BCUT2D eigenvalue weighted by molar-refractivity contribution is -0.0500. The van der Waals surface area contributed by atoms with Crippen LogP contribution < -0.4 is 4.18 Å². The normalized spacial score (nSPS) is 14.0. The van der Waals surface area contributed by atoms with E-state index in [9.17, 15) is 26.4 Å². The van der Waals surface area contributed by atoms with E-state index in [0.717, 1.165) is 6.07 Å². The summed E-state index contributed by atoms with van der Waals surface area (Å²) in [6.07, 6.45) is 1.28. The molecule has 1 aliphatic heterocycles. The second-order valence-corrected chi connectivity index (χ2v) is 5.77. The Labute approximate surface area is 116 Å². The van der Waals surface area contributed by atoms with Crippen LogP contribution in [0.1, 0.15) is 16.1 Å². The number of carbonyl (C=O) groups is 1. The number of aromatic nitrogens is 1. The third-order valence-corrected chi connectivity index (χ3v) is 3.92. The molecule has 0 aliphatic carbocycles. The van der Waals surface area contributed by atoms with Gasteiger partial charge in [-0.15, -0.1) is 0 Å². The van der Waals surface area contributed by atoms with Crippen molar-refractivity contribution in [3.8, 4) is 11.4 Å². The molecule has 0 bridgehead atoms. The van der Waals surface area contributed by atoms with Crippen molar-refractivity contribution in [1.29, 1.82) is 0 Å². The van der Waals surface area contributed by atoms with Crippen molar-refractivity contribution in [2.24, 2.45) is 0 Å². The standard InChI is InChI=1S/C12H6F3NO4S/c13-12(14,15)21(18,19)20-9-5-6-16-8-4-2-1-3-7(8)11(17)10(9)16/h1-6H. The molecule has 9 heteroatoms. The van der Waals surface area contributed by atoms with Crippen molar-refractivity contribution in [1.82, 2.24) is 4.57 Å². The molecule has 0 amide bonds. The van der Waals surface area contributed by atoms with Crippen LogP contribution in [0, 0.1) is 0 Å². The van der Waals surface area contributed by atoms with Crippen molar-refractivity contribution in [3.05, 3.63) is 47.8 Å². The van der Waals surface area contributed by atoms with Crippen molar-refractivity contribution in [2.75, 3.05) is 0 Å². The molecule has 5 nitrogen and oxygen atoms in total. The average Bonchev–Trinajstić information content (AvgIpc) is 2.90. The van der Waals surface area contributed by atoms with Gasteiger partial charge in [-0.3, -0.25) is 4.79 Å². The van der Waals surface area contributed by atoms with Crippen LogP contribution in [0.2, 0.25) is 0 Å². The van der Waals surface area contributed by atoms with Gasteiger partial charge < -0.3 is 8.75 Å². The molecule has 1 aromatic carbocycles. The summed E-state index contributed by atoms with van der Waals surface area (Å²) in [6, 6.07) is 7.33. The Balaban J connectivity index is 2.08. The summed E-state index contributed by atoms with van der Waals surface area (Å²) >= 11 is 0. The number of para-hydroxylation sites is 1. The Morgan fingerprint density at radius 3 is 2.43 bits per heavy atom. The van der Waals surface area contributed by atoms with Crippen LogP contribution in [0.15, 0.2) is 36.5 Å². The van der Waals surface area contributed by atoms with Crippen LogP contribution >= 0.6 is 0 Å². The number of carbonyl (C=O) groups excluding carboxylic acids is 1. The van der Waals surface area contributed by atoms with E-state index >= 15 is 0 Å². The summed E-state index contributed by atoms with van der Waals surface area (Å²) in [4.78, 5) is 12.1. The van der Waals surface area contributed by atoms with E-state index < -0.39 is 27.2 Å². The molecular weight excluding hydrogens is 311 g/mol. The Kier molecular flexibility index (Phi) is 2.67. The minimum absolute atomic E-state index is 0.246. The van der Waals surface area contributed by atoms with Gasteiger partial charge in [0.15, 0.2) is 5.75 Å².